The first-order chi connectivity index (χ1) is 11.1. The van der Waals surface area contributed by atoms with Crippen molar-refractivity contribution in [3.8, 4) is 0 Å². The topological polar surface area (TPSA) is 48.9 Å². The molecule has 0 saturated carbocycles. The molecule has 0 aliphatic carbocycles. The van der Waals surface area contributed by atoms with Gasteiger partial charge in [-0.25, -0.2) is 0 Å². The van der Waals surface area contributed by atoms with E-state index < -0.39 is 0 Å². The summed E-state index contributed by atoms with van der Waals surface area (Å²) >= 11 is 17.3. The Morgan fingerprint density at radius 1 is 1.35 bits per heavy atom. The molecule has 0 aromatic heterocycles. The summed E-state index contributed by atoms with van der Waals surface area (Å²) in [6.45, 7) is 7.09. The summed E-state index contributed by atoms with van der Waals surface area (Å²) in [7, 11) is 0. The summed E-state index contributed by atoms with van der Waals surface area (Å²) in [6.07, 6.45) is 0. The number of hydrogen-bond donors (Lipinski definition) is 2. The third-order valence-electron chi connectivity index (χ3n) is 3.46. The van der Waals surface area contributed by atoms with Gasteiger partial charge in [0.2, 0.25) is 0 Å². The molecule has 2 rings (SSSR count). The van der Waals surface area contributed by atoms with Crippen molar-refractivity contribution in [2.45, 2.75) is 6.92 Å². The van der Waals surface area contributed by atoms with E-state index in [0.29, 0.717) is 15.2 Å². The van der Waals surface area contributed by atoms with E-state index in [2.05, 4.69) is 20.7 Å². The van der Waals surface area contributed by atoms with E-state index in [1.807, 2.05) is 13.0 Å². The van der Waals surface area contributed by atoms with Crippen molar-refractivity contribution in [2.24, 2.45) is 5.10 Å². The molecule has 0 spiro atoms. The van der Waals surface area contributed by atoms with Crippen LogP contribution in [-0.2, 0) is 4.74 Å². The van der Waals surface area contributed by atoms with Crippen LogP contribution in [0.25, 0.3) is 0 Å². The Morgan fingerprint density at radius 3 is 2.78 bits per heavy atom. The number of hydrogen-bond acceptors (Lipinski definition) is 4. The molecule has 5 nitrogen and oxygen atoms in total. The molecule has 1 aliphatic heterocycles. The maximum atomic E-state index is 6.15. The number of nitrogens with zero attached hydrogens (tertiary/aromatic N) is 2. The Balaban J connectivity index is 1.75. The maximum Gasteiger partial charge on any atom is 0.187 e. The van der Waals surface area contributed by atoms with Gasteiger partial charge < -0.3 is 10.1 Å². The molecule has 1 aromatic rings. The number of morpholine rings is 1. The van der Waals surface area contributed by atoms with Crippen LogP contribution in [0.4, 0.5) is 0 Å². The second-order valence-electron chi connectivity index (χ2n) is 5.14. The Kier molecular flexibility index (Phi) is 7.52. The second kappa shape index (κ2) is 9.39. The molecule has 0 radical (unpaired) electrons. The number of hydrazone groups is 1. The van der Waals surface area contributed by atoms with Gasteiger partial charge in [0.1, 0.15) is 0 Å². The quantitative estimate of drug-likeness (QED) is 0.471. The third-order valence-corrected chi connectivity index (χ3v) is 4.25. The van der Waals surface area contributed by atoms with E-state index in [0.717, 1.165) is 50.7 Å². The Bertz CT molecular complexity index is 577. The van der Waals surface area contributed by atoms with Crippen molar-refractivity contribution in [2.75, 3.05) is 39.4 Å². The third kappa shape index (κ3) is 6.24. The van der Waals surface area contributed by atoms with Crippen LogP contribution in [0.2, 0.25) is 10.0 Å². The van der Waals surface area contributed by atoms with Crippen LogP contribution in [0.3, 0.4) is 0 Å². The average Bonchev–Trinajstić information content (AvgIpc) is 2.53. The van der Waals surface area contributed by atoms with Crippen molar-refractivity contribution in [1.82, 2.24) is 15.6 Å². The summed E-state index contributed by atoms with van der Waals surface area (Å²) < 4.78 is 5.31. The van der Waals surface area contributed by atoms with Crippen molar-refractivity contribution < 1.29 is 4.74 Å². The maximum absolute atomic E-state index is 6.15. The molecule has 126 valence electrons. The van der Waals surface area contributed by atoms with E-state index in [9.17, 15) is 0 Å². The van der Waals surface area contributed by atoms with Crippen molar-refractivity contribution >= 4 is 46.2 Å². The zero-order valence-electron chi connectivity index (χ0n) is 12.9. The predicted molar refractivity (Wildman–Crippen MR) is 99.7 cm³/mol. The van der Waals surface area contributed by atoms with Gasteiger partial charge in [-0.05, 0) is 31.3 Å². The Morgan fingerprint density at radius 2 is 2.09 bits per heavy atom. The van der Waals surface area contributed by atoms with Gasteiger partial charge in [-0.15, -0.1) is 0 Å². The van der Waals surface area contributed by atoms with Crippen molar-refractivity contribution in [1.29, 1.82) is 0 Å². The Hall–Kier alpha value is -0.920. The van der Waals surface area contributed by atoms with E-state index in [1.54, 1.807) is 12.1 Å². The average molecular weight is 375 g/mol. The molecule has 0 bridgehead atoms. The summed E-state index contributed by atoms with van der Waals surface area (Å²) in [5, 5.41) is 9.04. The van der Waals surface area contributed by atoms with Crippen LogP contribution in [0.15, 0.2) is 23.3 Å². The fraction of sp³-hybridized carbons (Fsp3) is 0.467. The molecule has 1 aromatic carbocycles. The van der Waals surface area contributed by atoms with Gasteiger partial charge in [0.15, 0.2) is 5.11 Å². The Labute approximate surface area is 152 Å². The fourth-order valence-corrected chi connectivity index (χ4v) is 2.86. The second-order valence-corrected chi connectivity index (χ2v) is 6.39. The minimum atomic E-state index is 0.489. The molecular weight excluding hydrogens is 355 g/mol. The van der Waals surface area contributed by atoms with Crippen LogP contribution in [0.5, 0.6) is 0 Å². The van der Waals surface area contributed by atoms with E-state index >= 15 is 0 Å². The van der Waals surface area contributed by atoms with Crippen molar-refractivity contribution in [3.05, 3.63) is 33.8 Å². The molecular formula is C15H20Cl2N4OS. The summed E-state index contributed by atoms with van der Waals surface area (Å²) in [5.74, 6) is 0. The lowest BCUT2D eigenvalue weighted by atomic mass is 10.1. The minimum absolute atomic E-state index is 0.489. The largest absolute Gasteiger partial charge is 0.379 e. The summed E-state index contributed by atoms with van der Waals surface area (Å²) in [6, 6.07) is 5.30. The highest BCUT2D eigenvalue weighted by atomic mass is 35.5. The van der Waals surface area contributed by atoms with Crippen LogP contribution in [0, 0.1) is 0 Å². The highest BCUT2D eigenvalue weighted by Gasteiger charge is 2.09. The summed E-state index contributed by atoms with van der Waals surface area (Å²) in [5.41, 5.74) is 4.39. The van der Waals surface area contributed by atoms with Crippen LogP contribution < -0.4 is 10.7 Å². The van der Waals surface area contributed by atoms with E-state index in [4.69, 9.17) is 40.2 Å². The predicted octanol–water partition coefficient (Wildman–Crippen LogP) is 2.51. The van der Waals surface area contributed by atoms with Crippen LogP contribution >= 0.6 is 35.4 Å². The number of thiocarbonyl (C=S) groups is 1. The van der Waals surface area contributed by atoms with Crippen LogP contribution in [0.1, 0.15) is 12.5 Å². The number of halogens is 2. The molecule has 1 heterocycles. The number of rotatable bonds is 5. The standard InChI is InChI=1S/C15H20Cl2N4OS/c1-11(13-3-2-12(16)10-14(13)17)19-20-15(23)18-4-5-21-6-8-22-9-7-21/h2-3,10H,4-9H2,1H3,(H2,18,20,23)/b19-11+. The van der Waals surface area contributed by atoms with Gasteiger partial charge in [-0.1, -0.05) is 29.3 Å². The highest BCUT2D eigenvalue weighted by Crippen LogP contribution is 2.21. The molecule has 1 saturated heterocycles. The monoisotopic (exact) mass is 374 g/mol. The molecule has 1 aliphatic rings. The zero-order chi connectivity index (χ0) is 16.7. The molecule has 2 N–H and O–H groups in total. The molecule has 8 heteroatoms. The fourth-order valence-electron chi connectivity index (χ4n) is 2.17. The highest BCUT2D eigenvalue weighted by molar-refractivity contribution is 7.80. The lowest BCUT2D eigenvalue weighted by molar-refractivity contribution is 0.0389. The summed E-state index contributed by atoms with van der Waals surface area (Å²) in [4.78, 5) is 2.33. The van der Waals surface area contributed by atoms with Crippen molar-refractivity contribution in [3.63, 3.8) is 0 Å². The SMILES string of the molecule is C/C(=N\NC(=S)NCCN1CCOCC1)c1ccc(Cl)cc1Cl. The first-order valence-electron chi connectivity index (χ1n) is 7.40. The number of benzene rings is 1. The van der Waals surface area contributed by atoms with E-state index in [1.165, 1.54) is 0 Å². The van der Waals surface area contributed by atoms with Gasteiger partial charge in [-0.2, -0.15) is 5.10 Å². The first kappa shape index (κ1) is 18.4. The molecule has 1 fully saturated rings. The molecule has 0 atom stereocenters. The zero-order valence-corrected chi connectivity index (χ0v) is 15.3. The molecule has 0 amide bonds. The van der Waals surface area contributed by atoms with Gasteiger partial charge in [0.05, 0.1) is 23.9 Å². The first-order valence-corrected chi connectivity index (χ1v) is 8.56. The number of ether oxygens (including phenoxy) is 1. The lowest BCUT2D eigenvalue weighted by Crippen LogP contribution is -2.42. The molecule has 0 unspecified atom stereocenters. The normalized spacial score (nSPS) is 16.2. The smallest absolute Gasteiger partial charge is 0.187 e. The van der Waals surface area contributed by atoms with Gasteiger partial charge in [0, 0.05) is 36.8 Å². The number of nitrogens with one attached hydrogen (secondary N) is 2. The molecule has 23 heavy (non-hydrogen) atoms. The van der Waals surface area contributed by atoms with Gasteiger partial charge >= 0.3 is 0 Å². The van der Waals surface area contributed by atoms with Gasteiger partial charge in [0.25, 0.3) is 0 Å². The lowest BCUT2D eigenvalue weighted by Gasteiger charge is -2.26. The van der Waals surface area contributed by atoms with Crippen LogP contribution in [-0.4, -0.2) is 55.1 Å². The van der Waals surface area contributed by atoms with E-state index in [-0.39, 0.29) is 0 Å². The minimum Gasteiger partial charge on any atom is -0.379 e. The van der Waals surface area contributed by atoms with Gasteiger partial charge in [-0.3, -0.25) is 10.3 Å².